The Balaban J connectivity index is 2.46. The predicted molar refractivity (Wildman–Crippen MR) is 75.2 cm³/mol. The Labute approximate surface area is 109 Å². The standard InChI is InChI=1S/C13H26N2OS/c1-13(2)6-4-8-15(9-7-13)12(16)11(14)5-10-17-3/h11H,4-10,14H2,1-3H3/t11-/m0/s1. The van der Waals surface area contributed by atoms with Crippen molar-refractivity contribution in [3.63, 3.8) is 0 Å². The van der Waals surface area contributed by atoms with Crippen LogP contribution in [0.5, 0.6) is 0 Å². The lowest BCUT2D eigenvalue weighted by atomic mass is 9.85. The quantitative estimate of drug-likeness (QED) is 0.840. The summed E-state index contributed by atoms with van der Waals surface area (Å²) in [6.45, 7) is 6.33. The Morgan fingerprint density at radius 3 is 2.76 bits per heavy atom. The van der Waals surface area contributed by atoms with Crippen LogP contribution in [0.4, 0.5) is 0 Å². The molecule has 1 aliphatic heterocycles. The Hall–Kier alpha value is -0.220. The first-order valence-electron chi connectivity index (χ1n) is 6.49. The summed E-state index contributed by atoms with van der Waals surface area (Å²) in [5, 5.41) is 0. The topological polar surface area (TPSA) is 46.3 Å². The van der Waals surface area contributed by atoms with Crippen molar-refractivity contribution in [3.05, 3.63) is 0 Å². The molecule has 1 atom stereocenters. The third-order valence-electron chi connectivity index (χ3n) is 3.60. The summed E-state index contributed by atoms with van der Waals surface area (Å²) in [5.41, 5.74) is 6.32. The molecule has 0 aromatic carbocycles. The molecule has 0 aromatic heterocycles. The van der Waals surface area contributed by atoms with Gasteiger partial charge in [0.25, 0.3) is 0 Å². The summed E-state index contributed by atoms with van der Waals surface area (Å²) in [6.07, 6.45) is 6.24. The van der Waals surface area contributed by atoms with E-state index >= 15 is 0 Å². The Kier molecular flexibility index (Phi) is 5.80. The summed E-state index contributed by atoms with van der Waals surface area (Å²) < 4.78 is 0. The smallest absolute Gasteiger partial charge is 0.239 e. The summed E-state index contributed by atoms with van der Waals surface area (Å²) in [5.74, 6) is 1.11. The molecule has 17 heavy (non-hydrogen) atoms. The second kappa shape index (κ2) is 6.64. The van der Waals surface area contributed by atoms with Gasteiger partial charge >= 0.3 is 0 Å². The van der Waals surface area contributed by atoms with E-state index in [1.165, 1.54) is 6.42 Å². The monoisotopic (exact) mass is 258 g/mol. The van der Waals surface area contributed by atoms with Gasteiger partial charge in [0, 0.05) is 13.1 Å². The van der Waals surface area contributed by atoms with Crippen molar-refractivity contribution in [2.45, 2.75) is 45.6 Å². The van der Waals surface area contributed by atoms with Crippen LogP contribution in [0, 0.1) is 5.41 Å². The zero-order chi connectivity index (χ0) is 12.9. The minimum atomic E-state index is -0.302. The third kappa shape index (κ3) is 4.88. The number of likely N-dealkylation sites (tertiary alicyclic amines) is 1. The first kappa shape index (κ1) is 14.8. The van der Waals surface area contributed by atoms with E-state index in [1.54, 1.807) is 11.8 Å². The molecule has 2 N–H and O–H groups in total. The lowest BCUT2D eigenvalue weighted by Crippen LogP contribution is -2.44. The number of hydrogen-bond acceptors (Lipinski definition) is 3. The number of amides is 1. The molecule has 0 unspecified atom stereocenters. The molecule has 0 radical (unpaired) electrons. The van der Waals surface area contributed by atoms with Crippen LogP contribution in [0.25, 0.3) is 0 Å². The highest BCUT2D eigenvalue weighted by Crippen LogP contribution is 2.29. The molecule has 100 valence electrons. The zero-order valence-corrected chi connectivity index (χ0v) is 12.2. The molecule has 0 spiro atoms. The highest BCUT2D eigenvalue weighted by molar-refractivity contribution is 7.98. The van der Waals surface area contributed by atoms with Gasteiger partial charge in [-0.15, -0.1) is 0 Å². The van der Waals surface area contributed by atoms with E-state index in [-0.39, 0.29) is 11.9 Å². The molecule has 1 amide bonds. The SMILES string of the molecule is CSCC[C@H](N)C(=O)N1CCCC(C)(C)CC1. The van der Waals surface area contributed by atoms with Crippen LogP contribution in [0.15, 0.2) is 0 Å². The number of rotatable bonds is 4. The minimum absolute atomic E-state index is 0.150. The van der Waals surface area contributed by atoms with E-state index in [2.05, 4.69) is 13.8 Å². The fourth-order valence-corrected chi connectivity index (χ4v) is 2.74. The lowest BCUT2D eigenvalue weighted by Gasteiger charge is -2.25. The molecule has 1 fully saturated rings. The normalized spacial score (nSPS) is 22.0. The van der Waals surface area contributed by atoms with Gasteiger partial charge in [-0.05, 0) is 43.1 Å². The van der Waals surface area contributed by atoms with Gasteiger partial charge in [-0.1, -0.05) is 13.8 Å². The summed E-state index contributed by atoms with van der Waals surface area (Å²) in [6, 6.07) is -0.302. The first-order valence-corrected chi connectivity index (χ1v) is 7.89. The van der Waals surface area contributed by atoms with Crippen LogP contribution in [-0.4, -0.2) is 41.9 Å². The average Bonchev–Trinajstić information content (AvgIpc) is 2.46. The average molecular weight is 258 g/mol. The van der Waals surface area contributed by atoms with E-state index < -0.39 is 0 Å². The number of thioether (sulfide) groups is 1. The Bertz CT molecular complexity index is 256. The van der Waals surface area contributed by atoms with Crippen LogP contribution >= 0.6 is 11.8 Å². The molecule has 1 rings (SSSR count). The first-order chi connectivity index (χ1) is 7.96. The Morgan fingerprint density at radius 1 is 1.41 bits per heavy atom. The number of carbonyl (C=O) groups is 1. The van der Waals surface area contributed by atoms with E-state index in [0.717, 1.165) is 38.1 Å². The molecule has 1 saturated heterocycles. The molecule has 0 aliphatic carbocycles. The van der Waals surface area contributed by atoms with Crippen molar-refractivity contribution in [1.29, 1.82) is 0 Å². The fourth-order valence-electron chi connectivity index (χ4n) is 2.25. The van der Waals surface area contributed by atoms with Crippen LogP contribution in [0.2, 0.25) is 0 Å². The van der Waals surface area contributed by atoms with Gasteiger partial charge in [-0.25, -0.2) is 0 Å². The van der Waals surface area contributed by atoms with E-state index in [0.29, 0.717) is 5.41 Å². The van der Waals surface area contributed by atoms with Gasteiger partial charge in [-0.3, -0.25) is 4.79 Å². The summed E-state index contributed by atoms with van der Waals surface area (Å²) >= 11 is 1.75. The molecular formula is C13H26N2OS. The Morgan fingerprint density at radius 2 is 2.12 bits per heavy atom. The molecule has 0 bridgehead atoms. The predicted octanol–water partition coefficient (Wildman–Crippen LogP) is 2.11. The van der Waals surface area contributed by atoms with Crippen LogP contribution in [0.1, 0.15) is 39.5 Å². The van der Waals surface area contributed by atoms with Gasteiger partial charge in [0.05, 0.1) is 6.04 Å². The maximum Gasteiger partial charge on any atom is 0.239 e. The van der Waals surface area contributed by atoms with Crippen LogP contribution < -0.4 is 5.73 Å². The number of hydrogen-bond donors (Lipinski definition) is 1. The van der Waals surface area contributed by atoms with E-state index in [4.69, 9.17) is 5.73 Å². The molecule has 0 aromatic rings. The van der Waals surface area contributed by atoms with Gasteiger partial charge in [-0.2, -0.15) is 11.8 Å². The fraction of sp³-hybridized carbons (Fsp3) is 0.923. The number of nitrogens with two attached hydrogens (primary N) is 1. The highest BCUT2D eigenvalue weighted by Gasteiger charge is 2.27. The molecule has 3 nitrogen and oxygen atoms in total. The van der Waals surface area contributed by atoms with Crippen molar-refractivity contribution in [2.75, 3.05) is 25.1 Å². The number of nitrogens with zero attached hydrogens (tertiary/aromatic N) is 1. The number of carbonyl (C=O) groups excluding carboxylic acids is 1. The second-order valence-corrected chi connectivity index (χ2v) is 6.72. The maximum absolute atomic E-state index is 12.2. The summed E-state index contributed by atoms with van der Waals surface area (Å²) in [4.78, 5) is 14.1. The molecule has 1 heterocycles. The van der Waals surface area contributed by atoms with E-state index in [1.807, 2.05) is 11.2 Å². The maximum atomic E-state index is 12.2. The van der Waals surface area contributed by atoms with Gasteiger partial charge in [0.15, 0.2) is 0 Å². The van der Waals surface area contributed by atoms with Crippen molar-refractivity contribution < 1.29 is 4.79 Å². The van der Waals surface area contributed by atoms with Crippen LogP contribution in [-0.2, 0) is 4.79 Å². The van der Waals surface area contributed by atoms with Crippen molar-refractivity contribution >= 4 is 17.7 Å². The summed E-state index contributed by atoms with van der Waals surface area (Å²) in [7, 11) is 0. The van der Waals surface area contributed by atoms with Crippen molar-refractivity contribution in [3.8, 4) is 0 Å². The van der Waals surface area contributed by atoms with Gasteiger partial charge in [0.1, 0.15) is 0 Å². The van der Waals surface area contributed by atoms with Crippen molar-refractivity contribution in [1.82, 2.24) is 4.90 Å². The van der Waals surface area contributed by atoms with Gasteiger partial charge in [0.2, 0.25) is 5.91 Å². The molecule has 4 heteroatoms. The lowest BCUT2D eigenvalue weighted by molar-refractivity contribution is -0.132. The largest absolute Gasteiger partial charge is 0.341 e. The van der Waals surface area contributed by atoms with Crippen molar-refractivity contribution in [2.24, 2.45) is 11.1 Å². The molecule has 1 aliphatic rings. The highest BCUT2D eigenvalue weighted by atomic mass is 32.2. The molecule has 0 saturated carbocycles. The zero-order valence-electron chi connectivity index (χ0n) is 11.4. The minimum Gasteiger partial charge on any atom is -0.341 e. The second-order valence-electron chi connectivity index (χ2n) is 5.73. The van der Waals surface area contributed by atoms with E-state index in [9.17, 15) is 4.79 Å². The third-order valence-corrected chi connectivity index (χ3v) is 4.25. The van der Waals surface area contributed by atoms with Crippen LogP contribution in [0.3, 0.4) is 0 Å². The van der Waals surface area contributed by atoms with Gasteiger partial charge < -0.3 is 10.6 Å². The molecular weight excluding hydrogens is 232 g/mol.